The number of carboxylic acids is 1. The first-order chi connectivity index (χ1) is 16.4. The number of benzene rings is 2. The van der Waals surface area contributed by atoms with E-state index in [0.29, 0.717) is 5.56 Å². The molecule has 7 nitrogen and oxygen atoms in total. The van der Waals surface area contributed by atoms with Gasteiger partial charge in [-0.1, -0.05) is 24.3 Å². The number of carbonyl (C=O) groups excluding carboxylic acids is 1. The fourth-order valence-electron chi connectivity index (χ4n) is 3.34. The molecule has 35 heavy (non-hydrogen) atoms. The van der Waals surface area contributed by atoms with E-state index in [1.807, 2.05) is 0 Å². The Kier molecular flexibility index (Phi) is 7.42. The highest BCUT2D eigenvalue weighted by Gasteiger charge is 2.31. The van der Waals surface area contributed by atoms with Gasteiger partial charge in [-0.05, 0) is 42.3 Å². The lowest BCUT2D eigenvalue weighted by Gasteiger charge is -2.16. The van der Waals surface area contributed by atoms with Crippen LogP contribution in [0.5, 0.6) is 11.6 Å². The third kappa shape index (κ3) is 6.34. The van der Waals surface area contributed by atoms with Crippen LogP contribution < -0.4 is 10.1 Å². The van der Waals surface area contributed by atoms with Crippen molar-refractivity contribution in [3.63, 3.8) is 0 Å². The summed E-state index contributed by atoms with van der Waals surface area (Å²) in [4.78, 5) is 24.0. The molecule has 0 aliphatic carbocycles. The quantitative estimate of drug-likeness (QED) is 0.404. The maximum absolute atomic E-state index is 13.7. The standard InChI is InChI=1S/C23H20F5N3O4/c1-12(14-6-8-15(9-7-14)22(33)34)29-20(32)17-18(19(24)25)30-31(2)21(17)35-16-5-3-4-13(10-16)11-23(26,27)28/h3-10,12,19H,11H2,1-2H3,(H,29,32)(H,33,34). The molecule has 0 spiro atoms. The highest BCUT2D eigenvalue weighted by molar-refractivity contribution is 5.98. The van der Waals surface area contributed by atoms with Crippen molar-refractivity contribution >= 4 is 11.9 Å². The van der Waals surface area contributed by atoms with Crippen molar-refractivity contribution in [1.29, 1.82) is 0 Å². The molecule has 3 rings (SSSR count). The van der Waals surface area contributed by atoms with Crippen LogP contribution >= 0.6 is 0 Å². The Morgan fingerprint density at radius 2 is 1.80 bits per heavy atom. The van der Waals surface area contributed by atoms with E-state index >= 15 is 0 Å². The van der Waals surface area contributed by atoms with Crippen molar-refractivity contribution in [2.45, 2.75) is 32.0 Å². The minimum Gasteiger partial charge on any atom is -0.478 e. The molecule has 0 radical (unpaired) electrons. The smallest absolute Gasteiger partial charge is 0.393 e. The topological polar surface area (TPSA) is 93.5 Å². The summed E-state index contributed by atoms with van der Waals surface area (Å²) in [6, 6.07) is 9.85. The Hall–Kier alpha value is -3.96. The number of aryl methyl sites for hydroxylation is 1. The van der Waals surface area contributed by atoms with E-state index in [1.165, 1.54) is 49.5 Å². The first-order valence-electron chi connectivity index (χ1n) is 10.2. The first-order valence-corrected chi connectivity index (χ1v) is 10.2. The van der Waals surface area contributed by atoms with Gasteiger partial charge in [0.05, 0.1) is 18.0 Å². The number of aromatic nitrogens is 2. The van der Waals surface area contributed by atoms with Crippen molar-refractivity contribution in [2.24, 2.45) is 7.05 Å². The summed E-state index contributed by atoms with van der Waals surface area (Å²) in [5.41, 5.74) is -1.01. The zero-order valence-electron chi connectivity index (χ0n) is 18.4. The highest BCUT2D eigenvalue weighted by Crippen LogP contribution is 2.33. The fourth-order valence-corrected chi connectivity index (χ4v) is 3.34. The number of nitrogens with zero attached hydrogens (tertiary/aromatic N) is 2. The van der Waals surface area contributed by atoms with Gasteiger partial charge in [0.2, 0.25) is 5.88 Å². The van der Waals surface area contributed by atoms with Crippen LogP contribution in [0.4, 0.5) is 22.0 Å². The lowest BCUT2D eigenvalue weighted by atomic mass is 10.1. The van der Waals surface area contributed by atoms with Crippen LogP contribution in [-0.2, 0) is 13.5 Å². The zero-order valence-corrected chi connectivity index (χ0v) is 18.4. The van der Waals surface area contributed by atoms with Gasteiger partial charge in [0.25, 0.3) is 12.3 Å². The van der Waals surface area contributed by atoms with Crippen LogP contribution in [0.3, 0.4) is 0 Å². The van der Waals surface area contributed by atoms with E-state index in [2.05, 4.69) is 10.4 Å². The van der Waals surface area contributed by atoms with Crippen molar-refractivity contribution in [3.8, 4) is 11.6 Å². The summed E-state index contributed by atoms with van der Waals surface area (Å²) in [6.07, 6.45) is -8.82. The average Bonchev–Trinajstić information content (AvgIpc) is 3.09. The predicted octanol–water partition coefficient (Wildman–Crippen LogP) is 5.44. The molecule has 2 aromatic carbocycles. The minimum absolute atomic E-state index is 0.0305. The second-order valence-electron chi connectivity index (χ2n) is 7.65. The monoisotopic (exact) mass is 497 g/mol. The molecule has 0 saturated carbocycles. The number of aromatic carboxylic acids is 1. The fraction of sp³-hybridized carbons (Fsp3) is 0.261. The zero-order chi connectivity index (χ0) is 25.9. The van der Waals surface area contributed by atoms with E-state index in [4.69, 9.17) is 9.84 Å². The Morgan fingerprint density at radius 1 is 1.14 bits per heavy atom. The van der Waals surface area contributed by atoms with Crippen molar-refractivity contribution < 1.29 is 41.4 Å². The van der Waals surface area contributed by atoms with Crippen molar-refractivity contribution in [1.82, 2.24) is 15.1 Å². The number of amides is 1. The SMILES string of the molecule is CC(NC(=O)c1c(C(F)F)nn(C)c1Oc1cccc(CC(F)(F)F)c1)c1ccc(C(=O)O)cc1. The Bertz CT molecular complexity index is 1220. The normalized spacial score (nSPS) is 12.5. The number of hydrogen-bond donors (Lipinski definition) is 2. The number of carbonyl (C=O) groups is 2. The van der Waals surface area contributed by atoms with Crippen LogP contribution in [0.25, 0.3) is 0 Å². The summed E-state index contributed by atoms with van der Waals surface area (Å²) >= 11 is 0. The summed E-state index contributed by atoms with van der Waals surface area (Å²) in [6.45, 7) is 1.56. The van der Waals surface area contributed by atoms with Gasteiger partial charge in [0, 0.05) is 7.05 Å². The number of ether oxygens (including phenoxy) is 1. The second kappa shape index (κ2) is 10.1. The number of rotatable bonds is 8. The number of halogens is 5. The van der Waals surface area contributed by atoms with Gasteiger partial charge < -0.3 is 15.2 Å². The van der Waals surface area contributed by atoms with Gasteiger partial charge >= 0.3 is 12.1 Å². The molecule has 1 amide bonds. The maximum Gasteiger partial charge on any atom is 0.393 e. The molecule has 1 atom stereocenters. The summed E-state index contributed by atoms with van der Waals surface area (Å²) in [7, 11) is 1.26. The second-order valence-corrected chi connectivity index (χ2v) is 7.65. The molecule has 0 fully saturated rings. The molecule has 1 aromatic heterocycles. The molecule has 186 valence electrons. The van der Waals surface area contributed by atoms with Gasteiger partial charge in [0.1, 0.15) is 17.0 Å². The summed E-state index contributed by atoms with van der Waals surface area (Å²) in [5.74, 6) is -2.56. The molecule has 0 bridgehead atoms. The van der Waals surface area contributed by atoms with Crippen LogP contribution in [-0.4, -0.2) is 32.9 Å². The Labute approximate surface area is 196 Å². The molecule has 0 saturated heterocycles. The average molecular weight is 497 g/mol. The first kappa shape index (κ1) is 25.7. The van der Waals surface area contributed by atoms with Gasteiger partial charge in [0.15, 0.2) is 0 Å². The Balaban J connectivity index is 1.90. The van der Waals surface area contributed by atoms with Crippen molar-refractivity contribution in [3.05, 3.63) is 76.5 Å². The van der Waals surface area contributed by atoms with Gasteiger partial charge in [-0.3, -0.25) is 4.79 Å². The molecule has 0 aliphatic heterocycles. The maximum atomic E-state index is 13.7. The minimum atomic E-state index is -4.46. The Morgan fingerprint density at radius 3 is 2.37 bits per heavy atom. The molecule has 0 aliphatic rings. The third-order valence-electron chi connectivity index (χ3n) is 4.98. The van der Waals surface area contributed by atoms with E-state index in [1.54, 1.807) is 6.92 Å². The molecule has 12 heteroatoms. The summed E-state index contributed by atoms with van der Waals surface area (Å²) < 4.78 is 72.0. The lowest BCUT2D eigenvalue weighted by Crippen LogP contribution is -2.27. The van der Waals surface area contributed by atoms with E-state index < -0.39 is 48.2 Å². The van der Waals surface area contributed by atoms with Crippen molar-refractivity contribution in [2.75, 3.05) is 0 Å². The van der Waals surface area contributed by atoms with Gasteiger partial charge in [-0.25, -0.2) is 18.3 Å². The van der Waals surface area contributed by atoms with E-state index in [0.717, 1.165) is 10.7 Å². The molecule has 2 N–H and O–H groups in total. The molecular weight excluding hydrogens is 477 g/mol. The number of carboxylic acid groups (broad SMARTS) is 1. The third-order valence-corrected chi connectivity index (χ3v) is 4.98. The largest absolute Gasteiger partial charge is 0.478 e. The van der Waals surface area contributed by atoms with Crippen LogP contribution in [0.1, 0.15) is 56.9 Å². The van der Waals surface area contributed by atoms with E-state index in [9.17, 15) is 31.5 Å². The number of hydrogen-bond acceptors (Lipinski definition) is 4. The van der Waals surface area contributed by atoms with Crippen LogP contribution in [0, 0.1) is 0 Å². The molecule has 1 heterocycles. The van der Waals surface area contributed by atoms with Crippen LogP contribution in [0.15, 0.2) is 48.5 Å². The molecule has 3 aromatic rings. The highest BCUT2D eigenvalue weighted by atomic mass is 19.4. The van der Waals surface area contributed by atoms with Gasteiger partial charge in [-0.15, -0.1) is 0 Å². The summed E-state index contributed by atoms with van der Waals surface area (Å²) in [5, 5.41) is 15.2. The number of nitrogens with one attached hydrogen (secondary N) is 1. The van der Waals surface area contributed by atoms with E-state index in [-0.39, 0.29) is 22.8 Å². The number of alkyl halides is 5. The molecule has 1 unspecified atom stereocenters. The lowest BCUT2D eigenvalue weighted by molar-refractivity contribution is -0.127. The molecular formula is C23H20F5N3O4. The predicted molar refractivity (Wildman–Crippen MR) is 114 cm³/mol. The van der Waals surface area contributed by atoms with Crippen LogP contribution in [0.2, 0.25) is 0 Å². The van der Waals surface area contributed by atoms with Gasteiger partial charge in [-0.2, -0.15) is 18.3 Å².